The highest BCUT2D eigenvalue weighted by molar-refractivity contribution is 6.02. The van der Waals surface area contributed by atoms with E-state index in [2.05, 4.69) is 22.6 Å². The number of Topliss-reactive ketones (excluding diaryl/α,β-unsaturated/α-hetero) is 2. The number of likely N-dealkylation sites (tertiary alicyclic amines) is 1. The van der Waals surface area contributed by atoms with Crippen molar-refractivity contribution in [2.24, 2.45) is 17.6 Å². The Labute approximate surface area is 233 Å². The first-order valence-corrected chi connectivity index (χ1v) is 13.6. The highest BCUT2D eigenvalue weighted by atomic mass is 16.3. The molecule has 11 nitrogen and oxygen atoms in total. The highest BCUT2D eigenvalue weighted by Gasteiger charge is 2.45. The number of piperidine rings is 1. The molecule has 39 heavy (non-hydrogen) atoms. The maximum Gasteiger partial charge on any atom is 0.224 e. The lowest BCUT2D eigenvalue weighted by Gasteiger charge is -2.36. The van der Waals surface area contributed by atoms with Gasteiger partial charge in [-0.1, -0.05) is 6.07 Å². The molecule has 0 radical (unpaired) electrons. The molecule has 1 aliphatic heterocycles. The Morgan fingerprint density at radius 2 is 1.85 bits per heavy atom. The number of nitrogens with one attached hydrogen (secondary N) is 2. The van der Waals surface area contributed by atoms with Crippen molar-refractivity contribution in [1.82, 2.24) is 15.5 Å². The molecule has 2 unspecified atom stereocenters. The third-order valence-electron chi connectivity index (χ3n) is 7.76. The second-order valence-electron chi connectivity index (χ2n) is 10.8. The molecule has 1 aromatic carbocycles. The number of benzene rings is 1. The van der Waals surface area contributed by atoms with Crippen molar-refractivity contribution >= 4 is 17.5 Å². The van der Waals surface area contributed by atoms with Gasteiger partial charge in [0.25, 0.3) is 0 Å². The Hall–Kier alpha value is -2.41. The number of nitrogens with two attached hydrogens (primary N) is 1. The Morgan fingerprint density at radius 3 is 2.41 bits per heavy atom. The number of carbonyl (C=O) groups is 3. The predicted molar refractivity (Wildman–Crippen MR) is 151 cm³/mol. The monoisotopic (exact) mass is 554 g/mol. The maximum atomic E-state index is 13.1. The molecule has 2 aliphatic rings. The molecule has 1 saturated heterocycles. The van der Waals surface area contributed by atoms with Crippen LogP contribution in [0.3, 0.4) is 0 Å². The molecule has 3 rings (SSSR count). The van der Waals surface area contributed by atoms with Crippen molar-refractivity contribution in [3.8, 4) is 5.75 Å². The topological polar surface area (TPSA) is 185 Å². The summed E-state index contributed by atoms with van der Waals surface area (Å²) in [6.45, 7) is 1.31. The highest BCUT2D eigenvalue weighted by Crippen LogP contribution is 2.39. The van der Waals surface area contributed by atoms with E-state index in [-0.39, 0.29) is 46.2 Å². The fourth-order valence-corrected chi connectivity index (χ4v) is 5.61. The van der Waals surface area contributed by atoms with Crippen molar-refractivity contribution in [1.29, 1.82) is 0 Å². The zero-order valence-electron chi connectivity index (χ0n) is 23.4. The second-order valence-corrected chi connectivity index (χ2v) is 10.8. The number of primary amides is 1. The predicted octanol–water partition coefficient (Wildman–Crippen LogP) is 0.205. The summed E-state index contributed by atoms with van der Waals surface area (Å²) in [5.41, 5.74) is 4.84. The van der Waals surface area contributed by atoms with Crippen molar-refractivity contribution < 1.29 is 37.7 Å². The number of carbonyl (C=O) groups excluding carboxylic acids is 3. The number of phenolic OH excluding ortho intramolecular Hbond substituents is 1. The van der Waals surface area contributed by atoms with Crippen LogP contribution in [-0.2, 0) is 22.6 Å². The lowest BCUT2D eigenvalue weighted by atomic mass is 9.71. The van der Waals surface area contributed by atoms with Crippen LogP contribution in [0.25, 0.3) is 0 Å². The standard InChI is InChI=1S/C26H39N3O7.C2H7N.2H2/c1-29-7-4-19(5-8-29)28-14-17-2-3-21(32)25-20(17)11-16(12-22(25)33)10-18(6-9-30)26(36,15-31)23(34)13-24(27)35;1-3-2;;/h2-3,16,18-19,28,30-32,36H,4-15H2,1H3,(H2,27,35);3H,1-2H3;2*1H/t16?,18?,26-;;;/m1.../s1. The molecular formula is C28H50N4O7. The molecule has 1 fully saturated rings. The smallest absolute Gasteiger partial charge is 0.224 e. The van der Waals surface area contributed by atoms with Gasteiger partial charge in [0.05, 0.1) is 18.6 Å². The van der Waals surface area contributed by atoms with Crippen LogP contribution in [0.2, 0.25) is 0 Å². The summed E-state index contributed by atoms with van der Waals surface area (Å²) in [5.74, 6) is -3.28. The van der Waals surface area contributed by atoms with Gasteiger partial charge in [0.2, 0.25) is 5.91 Å². The molecule has 224 valence electrons. The molecule has 1 aromatic rings. The molecule has 0 saturated carbocycles. The van der Waals surface area contributed by atoms with E-state index in [9.17, 15) is 34.8 Å². The summed E-state index contributed by atoms with van der Waals surface area (Å²) >= 11 is 0. The van der Waals surface area contributed by atoms with Gasteiger partial charge in [-0.3, -0.25) is 14.4 Å². The number of hydrogen-bond donors (Lipinski definition) is 7. The van der Waals surface area contributed by atoms with E-state index < -0.39 is 36.2 Å². The average Bonchev–Trinajstić information content (AvgIpc) is 2.88. The van der Waals surface area contributed by atoms with Crippen LogP contribution in [0.1, 0.15) is 62.9 Å². The van der Waals surface area contributed by atoms with Gasteiger partial charge in [0, 0.05) is 28.5 Å². The summed E-state index contributed by atoms with van der Waals surface area (Å²) in [6, 6.07) is 3.73. The van der Waals surface area contributed by atoms with E-state index in [1.165, 1.54) is 0 Å². The molecule has 1 heterocycles. The van der Waals surface area contributed by atoms with Gasteiger partial charge < -0.3 is 41.7 Å². The molecule has 11 heteroatoms. The summed E-state index contributed by atoms with van der Waals surface area (Å²) < 4.78 is 0. The van der Waals surface area contributed by atoms with E-state index in [0.29, 0.717) is 24.6 Å². The van der Waals surface area contributed by atoms with Gasteiger partial charge in [-0.25, -0.2) is 0 Å². The number of aliphatic hydroxyl groups is 3. The van der Waals surface area contributed by atoms with Crippen LogP contribution in [0.4, 0.5) is 0 Å². The first-order valence-electron chi connectivity index (χ1n) is 13.6. The van der Waals surface area contributed by atoms with E-state index >= 15 is 0 Å². The number of nitrogens with zero attached hydrogens (tertiary/aromatic N) is 1. The second kappa shape index (κ2) is 15.4. The van der Waals surface area contributed by atoms with Crippen LogP contribution in [-0.4, -0.2) is 102 Å². The van der Waals surface area contributed by atoms with Gasteiger partial charge in [0.15, 0.2) is 11.6 Å². The summed E-state index contributed by atoms with van der Waals surface area (Å²) in [4.78, 5) is 39.2. The first kappa shape index (κ1) is 32.8. The zero-order chi connectivity index (χ0) is 29.2. The summed E-state index contributed by atoms with van der Waals surface area (Å²) in [6.07, 6.45) is 2.04. The SMILES string of the molecule is CN1CCC(NCc2ccc(O)c3c2CC(CC(CCO)[C@](O)(CO)C(=O)CC(N)=O)CC3=O)CC1.CNC.[HH].[HH]. The van der Waals surface area contributed by atoms with Crippen molar-refractivity contribution in [3.05, 3.63) is 28.8 Å². The number of ketones is 2. The molecule has 1 aliphatic carbocycles. The number of amides is 1. The number of aliphatic hydroxyl groups excluding tert-OH is 2. The molecule has 3 atom stereocenters. The fraction of sp³-hybridized carbons (Fsp3) is 0.679. The van der Waals surface area contributed by atoms with Crippen molar-refractivity contribution in [2.45, 2.75) is 63.1 Å². The normalized spacial score (nSPS) is 20.4. The maximum absolute atomic E-state index is 13.1. The minimum Gasteiger partial charge on any atom is -0.507 e. The van der Waals surface area contributed by atoms with Crippen LogP contribution in [0, 0.1) is 11.8 Å². The Bertz CT molecular complexity index is 992. The molecule has 0 spiro atoms. The van der Waals surface area contributed by atoms with E-state index in [1.807, 2.05) is 20.2 Å². The molecule has 0 bridgehead atoms. The zero-order valence-corrected chi connectivity index (χ0v) is 23.4. The minimum atomic E-state index is -2.25. The van der Waals surface area contributed by atoms with Gasteiger partial charge in [0.1, 0.15) is 11.4 Å². The van der Waals surface area contributed by atoms with Crippen molar-refractivity contribution in [3.63, 3.8) is 0 Å². The van der Waals surface area contributed by atoms with E-state index in [4.69, 9.17) is 5.73 Å². The summed E-state index contributed by atoms with van der Waals surface area (Å²) in [5, 5.41) is 47.2. The third-order valence-corrected chi connectivity index (χ3v) is 7.76. The van der Waals surface area contributed by atoms with Crippen LogP contribution < -0.4 is 16.4 Å². The quantitative estimate of drug-likeness (QED) is 0.176. The Morgan fingerprint density at radius 1 is 1.21 bits per heavy atom. The van der Waals surface area contributed by atoms with Crippen LogP contribution >= 0.6 is 0 Å². The number of hydrogen-bond acceptors (Lipinski definition) is 10. The van der Waals surface area contributed by atoms with Crippen molar-refractivity contribution in [2.75, 3.05) is 47.4 Å². The van der Waals surface area contributed by atoms with Gasteiger partial charge in [-0.2, -0.15) is 0 Å². The van der Waals surface area contributed by atoms with Gasteiger partial charge in [-0.15, -0.1) is 0 Å². The summed E-state index contributed by atoms with van der Waals surface area (Å²) in [7, 11) is 5.85. The minimum absolute atomic E-state index is 0. The van der Waals surface area contributed by atoms with Gasteiger partial charge >= 0.3 is 0 Å². The van der Waals surface area contributed by atoms with Gasteiger partial charge in [-0.05, 0) is 95.4 Å². The van der Waals surface area contributed by atoms with Crippen LogP contribution in [0.5, 0.6) is 5.75 Å². The average molecular weight is 555 g/mol. The van der Waals surface area contributed by atoms with E-state index in [0.717, 1.165) is 37.1 Å². The number of phenols is 1. The largest absolute Gasteiger partial charge is 0.507 e. The lowest BCUT2D eigenvalue weighted by molar-refractivity contribution is -0.153. The molecule has 0 aromatic heterocycles. The van der Waals surface area contributed by atoms with Crippen LogP contribution in [0.15, 0.2) is 12.1 Å². The first-order chi connectivity index (χ1) is 18.5. The molecular weight excluding hydrogens is 504 g/mol. The Kier molecular flexibility index (Phi) is 12.9. The fourth-order valence-electron chi connectivity index (χ4n) is 5.61. The molecule has 1 amide bonds. The third kappa shape index (κ3) is 8.79. The Balaban J connectivity index is 0.00000306. The lowest BCUT2D eigenvalue weighted by Crippen LogP contribution is -2.51. The van der Waals surface area contributed by atoms with E-state index in [1.54, 1.807) is 6.07 Å². The molecule has 8 N–H and O–H groups in total. The number of aromatic hydroxyl groups is 1. The number of rotatable bonds is 12. The number of fused-ring (bicyclic) bond motifs is 1.